The number of anilines is 1. The first kappa shape index (κ1) is 21.7. The highest BCUT2D eigenvalue weighted by Crippen LogP contribution is 2.25. The fourth-order valence-electron chi connectivity index (χ4n) is 3.61. The highest BCUT2D eigenvalue weighted by Gasteiger charge is 2.36. The minimum Gasteiger partial charge on any atom is -0.273 e. The van der Waals surface area contributed by atoms with Gasteiger partial charge in [-0.1, -0.05) is 77.5 Å². The summed E-state index contributed by atoms with van der Waals surface area (Å²) in [6.07, 6.45) is 3.03. The number of aryl methyl sites for hydroxylation is 1. The Morgan fingerprint density at radius 2 is 1.53 bits per heavy atom. The maximum atomic E-state index is 13.2. The third kappa shape index (κ3) is 4.41. The normalized spacial score (nSPS) is 15.2. The second kappa shape index (κ2) is 9.32. The number of urea groups is 1. The molecule has 0 spiro atoms. The van der Waals surface area contributed by atoms with Gasteiger partial charge >= 0.3 is 6.03 Å². The highest BCUT2D eigenvalue weighted by atomic mass is 79.9. The second-order valence-electron chi connectivity index (χ2n) is 7.44. The topological polar surface area (TPSA) is 66.5 Å². The summed E-state index contributed by atoms with van der Waals surface area (Å²) >= 11 is 3.57. The predicted molar refractivity (Wildman–Crippen MR) is 128 cm³/mol. The Labute approximate surface area is 194 Å². The minimum atomic E-state index is -0.747. The van der Waals surface area contributed by atoms with Crippen LogP contribution in [0, 0.1) is 0 Å². The van der Waals surface area contributed by atoms with Gasteiger partial charge in [-0.3, -0.25) is 14.9 Å². The van der Waals surface area contributed by atoms with E-state index in [0.29, 0.717) is 12.1 Å². The molecule has 6 heteroatoms. The molecule has 4 rings (SSSR count). The Morgan fingerprint density at radius 1 is 0.875 bits per heavy atom. The molecule has 1 N–H and O–H groups in total. The molecule has 0 unspecified atom stereocenters. The predicted octanol–water partition coefficient (Wildman–Crippen LogP) is 5.27. The van der Waals surface area contributed by atoms with Crippen molar-refractivity contribution in [1.29, 1.82) is 0 Å². The molecule has 0 atom stereocenters. The molecule has 5 nitrogen and oxygen atoms in total. The van der Waals surface area contributed by atoms with Crippen LogP contribution in [-0.4, -0.2) is 17.8 Å². The zero-order valence-electron chi connectivity index (χ0n) is 17.5. The van der Waals surface area contributed by atoms with Gasteiger partial charge in [0.2, 0.25) is 0 Å². The number of carbonyl (C=O) groups excluding carboxylic acids is 3. The summed E-state index contributed by atoms with van der Waals surface area (Å²) in [5, 5.41) is 2.29. The number of nitrogens with one attached hydrogen (secondary N) is 1. The summed E-state index contributed by atoms with van der Waals surface area (Å²) in [4.78, 5) is 39.2. The van der Waals surface area contributed by atoms with Gasteiger partial charge in [-0.25, -0.2) is 9.69 Å². The summed E-state index contributed by atoms with van der Waals surface area (Å²) in [5.74, 6) is -1.34. The average Bonchev–Trinajstić information content (AvgIpc) is 2.79. The van der Waals surface area contributed by atoms with Crippen LogP contribution in [0.25, 0.3) is 6.08 Å². The van der Waals surface area contributed by atoms with E-state index in [-0.39, 0.29) is 5.57 Å². The van der Waals surface area contributed by atoms with E-state index < -0.39 is 17.8 Å². The summed E-state index contributed by atoms with van der Waals surface area (Å²) < 4.78 is 0.987. The standard InChI is InChI=1S/C26H21BrN2O3/c1-2-17-11-13-21(14-12-17)29-25(31)22(24(30)28-26(29)32)16-19-8-4-3-7-18(19)15-20-9-5-6-10-23(20)27/h3-14,16H,2,15H2,1H3,(H,28,30,32)/b22-16+. The van der Waals surface area contributed by atoms with E-state index in [2.05, 4.69) is 21.2 Å². The fourth-order valence-corrected chi connectivity index (χ4v) is 4.04. The van der Waals surface area contributed by atoms with Gasteiger partial charge in [0.1, 0.15) is 5.57 Å². The van der Waals surface area contributed by atoms with E-state index in [0.717, 1.165) is 38.0 Å². The number of rotatable bonds is 5. The number of hydrogen-bond acceptors (Lipinski definition) is 3. The molecular weight excluding hydrogens is 468 g/mol. The van der Waals surface area contributed by atoms with Crippen molar-refractivity contribution in [3.63, 3.8) is 0 Å². The first-order valence-corrected chi connectivity index (χ1v) is 11.1. The molecule has 3 aromatic carbocycles. The zero-order chi connectivity index (χ0) is 22.7. The molecule has 1 aliphatic heterocycles. The number of hydrogen-bond donors (Lipinski definition) is 1. The third-order valence-electron chi connectivity index (χ3n) is 5.40. The van der Waals surface area contributed by atoms with Gasteiger partial charge < -0.3 is 0 Å². The lowest BCUT2D eigenvalue weighted by molar-refractivity contribution is -0.122. The molecule has 4 amide bonds. The van der Waals surface area contributed by atoms with Crippen molar-refractivity contribution in [3.05, 3.63) is 105 Å². The average molecular weight is 489 g/mol. The Morgan fingerprint density at radius 3 is 2.22 bits per heavy atom. The van der Waals surface area contributed by atoms with Crippen LogP contribution in [0.2, 0.25) is 0 Å². The first-order chi connectivity index (χ1) is 15.5. The molecule has 0 aromatic heterocycles. The molecule has 3 aromatic rings. The van der Waals surface area contributed by atoms with Gasteiger partial charge in [-0.2, -0.15) is 0 Å². The van der Waals surface area contributed by atoms with E-state index >= 15 is 0 Å². The molecule has 0 aliphatic carbocycles. The smallest absolute Gasteiger partial charge is 0.273 e. The van der Waals surface area contributed by atoms with Gasteiger partial charge in [-0.15, -0.1) is 0 Å². The zero-order valence-corrected chi connectivity index (χ0v) is 19.1. The molecular formula is C26H21BrN2O3. The molecule has 1 fully saturated rings. The summed E-state index contributed by atoms with van der Waals surface area (Å²) in [6, 6.07) is 21.9. The van der Waals surface area contributed by atoms with Crippen LogP contribution in [0.4, 0.5) is 10.5 Å². The van der Waals surface area contributed by atoms with Crippen LogP contribution in [-0.2, 0) is 22.4 Å². The number of nitrogens with zero attached hydrogens (tertiary/aromatic N) is 1. The number of barbiturate groups is 1. The van der Waals surface area contributed by atoms with Crippen LogP contribution in [0.15, 0.2) is 82.8 Å². The van der Waals surface area contributed by atoms with Crippen LogP contribution in [0.3, 0.4) is 0 Å². The van der Waals surface area contributed by atoms with Gasteiger partial charge in [-0.05, 0) is 59.4 Å². The van der Waals surface area contributed by atoms with Gasteiger partial charge in [0.25, 0.3) is 11.8 Å². The van der Waals surface area contributed by atoms with Crippen LogP contribution >= 0.6 is 15.9 Å². The van der Waals surface area contributed by atoms with Crippen molar-refractivity contribution in [2.45, 2.75) is 19.8 Å². The molecule has 0 radical (unpaired) electrons. The van der Waals surface area contributed by atoms with Crippen molar-refractivity contribution >= 4 is 45.5 Å². The Kier molecular flexibility index (Phi) is 6.32. The van der Waals surface area contributed by atoms with Crippen molar-refractivity contribution in [3.8, 4) is 0 Å². The largest absolute Gasteiger partial charge is 0.335 e. The molecule has 1 aliphatic rings. The van der Waals surface area contributed by atoms with Crippen LogP contribution < -0.4 is 10.2 Å². The molecule has 1 saturated heterocycles. The SMILES string of the molecule is CCc1ccc(N2C(=O)NC(=O)/C(=C\c3ccccc3Cc3ccccc3Br)C2=O)cc1. The lowest BCUT2D eigenvalue weighted by Gasteiger charge is -2.26. The van der Waals surface area contributed by atoms with E-state index in [9.17, 15) is 14.4 Å². The van der Waals surface area contributed by atoms with Crippen molar-refractivity contribution in [2.24, 2.45) is 0 Å². The first-order valence-electron chi connectivity index (χ1n) is 10.3. The third-order valence-corrected chi connectivity index (χ3v) is 6.17. The number of carbonyl (C=O) groups is 3. The van der Waals surface area contributed by atoms with E-state index in [1.165, 1.54) is 0 Å². The van der Waals surface area contributed by atoms with E-state index in [1.54, 1.807) is 18.2 Å². The van der Waals surface area contributed by atoms with Gasteiger partial charge in [0.05, 0.1) is 5.69 Å². The lowest BCUT2D eigenvalue weighted by atomic mass is 9.97. The van der Waals surface area contributed by atoms with Gasteiger partial charge in [0, 0.05) is 4.47 Å². The Hall–Kier alpha value is -3.51. The van der Waals surface area contributed by atoms with Crippen molar-refractivity contribution in [2.75, 3.05) is 4.90 Å². The minimum absolute atomic E-state index is 0.0799. The Balaban J connectivity index is 1.70. The van der Waals surface area contributed by atoms with Crippen molar-refractivity contribution in [1.82, 2.24) is 5.32 Å². The summed E-state index contributed by atoms with van der Waals surface area (Å²) in [5.41, 5.74) is 4.23. The fraction of sp³-hybridized carbons (Fsp3) is 0.115. The van der Waals surface area contributed by atoms with Gasteiger partial charge in [0.15, 0.2) is 0 Å². The molecule has 160 valence electrons. The number of benzene rings is 3. The monoisotopic (exact) mass is 488 g/mol. The van der Waals surface area contributed by atoms with E-state index in [4.69, 9.17) is 0 Å². The number of amides is 4. The number of halogens is 1. The van der Waals surface area contributed by atoms with Crippen LogP contribution in [0.5, 0.6) is 0 Å². The highest BCUT2D eigenvalue weighted by molar-refractivity contribution is 9.10. The summed E-state index contributed by atoms with van der Waals surface area (Å²) in [7, 11) is 0. The number of imide groups is 2. The van der Waals surface area contributed by atoms with E-state index in [1.807, 2.05) is 67.6 Å². The Bertz CT molecular complexity index is 1230. The van der Waals surface area contributed by atoms with Crippen molar-refractivity contribution < 1.29 is 14.4 Å². The lowest BCUT2D eigenvalue weighted by Crippen LogP contribution is -2.54. The summed E-state index contributed by atoms with van der Waals surface area (Å²) in [6.45, 7) is 2.03. The molecule has 0 saturated carbocycles. The molecule has 0 bridgehead atoms. The molecule has 32 heavy (non-hydrogen) atoms. The maximum absolute atomic E-state index is 13.2. The second-order valence-corrected chi connectivity index (χ2v) is 8.30. The quantitative estimate of drug-likeness (QED) is 0.393. The van der Waals surface area contributed by atoms with Crippen LogP contribution in [0.1, 0.15) is 29.2 Å². The maximum Gasteiger partial charge on any atom is 0.335 e. The molecule has 1 heterocycles.